The minimum absolute atomic E-state index is 0.756. The van der Waals surface area contributed by atoms with Gasteiger partial charge in [-0.15, -0.1) is 0 Å². The molecule has 21 heavy (non-hydrogen) atoms. The van der Waals surface area contributed by atoms with Crippen molar-refractivity contribution >= 4 is 11.8 Å². The van der Waals surface area contributed by atoms with Crippen molar-refractivity contribution in [3.63, 3.8) is 0 Å². The Morgan fingerprint density at radius 2 is 1.48 bits per heavy atom. The summed E-state index contributed by atoms with van der Waals surface area (Å²) in [5.74, 6) is 2.20. The zero-order valence-electron chi connectivity index (χ0n) is 14.8. The molecular formula is C19H39NS. The van der Waals surface area contributed by atoms with Gasteiger partial charge in [-0.05, 0) is 37.5 Å². The molecule has 2 atom stereocenters. The minimum atomic E-state index is 0.756. The number of nitrogens with one attached hydrogen (secondary N) is 1. The summed E-state index contributed by atoms with van der Waals surface area (Å²) in [5.41, 5.74) is 0. The van der Waals surface area contributed by atoms with E-state index in [1.54, 1.807) is 0 Å². The summed E-state index contributed by atoms with van der Waals surface area (Å²) in [6.07, 6.45) is 15.9. The molecule has 1 N–H and O–H groups in total. The first-order valence-electron chi connectivity index (χ1n) is 9.59. The second-order valence-corrected chi connectivity index (χ2v) is 8.51. The predicted molar refractivity (Wildman–Crippen MR) is 99.3 cm³/mol. The minimum Gasteiger partial charge on any atom is -0.313 e. The van der Waals surface area contributed by atoms with Crippen LogP contribution in [0.3, 0.4) is 0 Å². The molecule has 0 saturated heterocycles. The van der Waals surface area contributed by atoms with Crippen molar-refractivity contribution in [2.24, 2.45) is 5.92 Å². The summed E-state index contributed by atoms with van der Waals surface area (Å²) in [6.45, 7) is 8.10. The lowest BCUT2D eigenvalue weighted by atomic mass is 9.97. The third-order valence-electron chi connectivity index (χ3n) is 4.70. The average Bonchev–Trinajstić information content (AvgIpc) is 2.44. The standard InChI is InChI=1S/C19H39NS/c1-4-20-18-13-11-9-7-5-6-8-10-12-14-19(18)21-16-15-17(2)3/h17-20H,4-16H2,1-3H3. The summed E-state index contributed by atoms with van der Waals surface area (Å²) in [5, 5.41) is 4.65. The third-order valence-corrected chi connectivity index (χ3v) is 6.16. The number of thioether (sulfide) groups is 1. The van der Waals surface area contributed by atoms with E-state index in [1.807, 2.05) is 0 Å². The molecule has 1 aliphatic rings. The second kappa shape index (κ2) is 12.8. The molecular weight excluding hydrogens is 274 g/mol. The Hall–Kier alpha value is 0.310. The Kier molecular flexibility index (Phi) is 11.8. The summed E-state index contributed by atoms with van der Waals surface area (Å²) in [7, 11) is 0. The van der Waals surface area contributed by atoms with E-state index in [0.29, 0.717) is 0 Å². The lowest BCUT2D eigenvalue weighted by Gasteiger charge is -2.28. The maximum Gasteiger partial charge on any atom is 0.0201 e. The van der Waals surface area contributed by atoms with Crippen LogP contribution < -0.4 is 5.32 Å². The molecule has 1 fully saturated rings. The lowest BCUT2D eigenvalue weighted by Crippen LogP contribution is -2.38. The first-order valence-corrected chi connectivity index (χ1v) is 10.6. The van der Waals surface area contributed by atoms with E-state index in [0.717, 1.165) is 23.8 Å². The number of hydrogen-bond acceptors (Lipinski definition) is 2. The zero-order valence-corrected chi connectivity index (χ0v) is 15.6. The first kappa shape index (κ1) is 19.4. The Morgan fingerprint density at radius 1 is 0.905 bits per heavy atom. The average molecular weight is 314 g/mol. The maximum absolute atomic E-state index is 3.80. The molecule has 1 aliphatic carbocycles. The van der Waals surface area contributed by atoms with Gasteiger partial charge in [-0.3, -0.25) is 0 Å². The predicted octanol–water partition coefficient (Wildman–Crippen LogP) is 6.03. The van der Waals surface area contributed by atoms with Crippen molar-refractivity contribution in [2.45, 2.75) is 103 Å². The molecule has 1 rings (SSSR count). The van der Waals surface area contributed by atoms with Gasteiger partial charge >= 0.3 is 0 Å². The van der Waals surface area contributed by atoms with Crippen LogP contribution in [0.5, 0.6) is 0 Å². The van der Waals surface area contributed by atoms with E-state index in [4.69, 9.17) is 0 Å². The molecule has 0 aromatic rings. The molecule has 126 valence electrons. The van der Waals surface area contributed by atoms with Crippen molar-refractivity contribution in [3.8, 4) is 0 Å². The number of hydrogen-bond donors (Lipinski definition) is 1. The monoisotopic (exact) mass is 313 g/mol. The summed E-state index contributed by atoms with van der Waals surface area (Å²) < 4.78 is 0. The van der Waals surface area contributed by atoms with Gasteiger partial charge in [0.25, 0.3) is 0 Å². The third kappa shape index (κ3) is 9.84. The van der Waals surface area contributed by atoms with Gasteiger partial charge in [0.15, 0.2) is 0 Å². The highest BCUT2D eigenvalue weighted by Gasteiger charge is 2.20. The topological polar surface area (TPSA) is 12.0 Å². The van der Waals surface area contributed by atoms with Crippen LogP contribution in [0.1, 0.15) is 91.4 Å². The second-order valence-electron chi connectivity index (χ2n) is 7.16. The van der Waals surface area contributed by atoms with Crippen LogP contribution >= 0.6 is 11.8 Å². The molecule has 0 bridgehead atoms. The fourth-order valence-corrected chi connectivity index (χ4v) is 5.02. The van der Waals surface area contributed by atoms with Crippen LogP contribution in [0.15, 0.2) is 0 Å². The van der Waals surface area contributed by atoms with E-state index in [-0.39, 0.29) is 0 Å². The molecule has 0 amide bonds. The van der Waals surface area contributed by atoms with Crippen LogP contribution in [-0.2, 0) is 0 Å². The fourth-order valence-electron chi connectivity index (χ4n) is 3.31. The summed E-state index contributed by atoms with van der Waals surface area (Å²) >= 11 is 2.26. The summed E-state index contributed by atoms with van der Waals surface area (Å²) in [6, 6.07) is 0.756. The quantitative estimate of drug-likeness (QED) is 0.643. The van der Waals surface area contributed by atoms with Crippen LogP contribution in [0.25, 0.3) is 0 Å². The van der Waals surface area contributed by atoms with Crippen LogP contribution in [-0.4, -0.2) is 23.6 Å². The fraction of sp³-hybridized carbons (Fsp3) is 1.00. The highest BCUT2D eigenvalue weighted by molar-refractivity contribution is 7.99. The molecule has 2 unspecified atom stereocenters. The Balaban J connectivity index is 2.48. The molecule has 0 radical (unpaired) electrons. The van der Waals surface area contributed by atoms with Crippen molar-refractivity contribution < 1.29 is 0 Å². The van der Waals surface area contributed by atoms with Gasteiger partial charge < -0.3 is 5.32 Å². The van der Waals surface area contributed by atoms with E-state index in [2.05, 4.69) is 37.8 Å². The highest BCUT2D eigenvalue weighted by Crippen LogP contribution is 2.27. The molecule has 0 aromatic heterocycles. The van der Waals surface area contributed by atoms with Gasteiger partial charge in [-0.25, -0.2) is 0 Å². The van der Waals surface area contributed by atoms with Gasteiger partial charge in [-0.2, -0.15) is 11.8 Å². The summed E-state index contributed by atoms with van der Waals surface area (Å²) in [4.78, 5) is 0. The van der Waals surface area contributed by atoms with E-state index >= 15 is 0 Å². The van der Waals surface area contributed by atoms with Crippen molar-refractivity contribution in [2.75, 3.05) is 12.3 Å². The normalized spacial score (nSPS) is 26.3. The first-order chi connectivity index (χ1) is 10.2. The SMILES string of the molecule is CCNC1CCCCCCCCCCC1SCCC(C)C. The maximum atomic E-state index is 3.80. The van der Waals surface area contributed by atoms with Crippen LogP contribution in [0.2, 0.25) is 0 Å². The van der Waals surface area contributed by atoms with Crippen molar-refractivity contribution in [3.05, 3.63) is 0 Å². The smallest absolute Gasteiger partial charge is 0.0201 e. The molecule has 0 spiro atoms. The molecule has 0 aliphatic heterocycles. The Labute approximate surface area is 138 Å². The van der Waals surface area contributed by atoms with Crippen molar-refractivity contribution in [1.82, 2.24) is 5.32 Å². The van der Waals surface area contributed by atoms with Gasteiger partial charge in [-0.1, -0.05) is 72.1 Å². The van der Waals surface area contributed by atoms with Crippen LogP contribution in [0.4, 0.5) is 0 Å². The molecule has 2 heteroatoms. The molecule has 0 heterocycles. The lowest BCUT2D eigenvalue weighted by molar-refractivity contribution is 0.419. The van der Waals surface area contributed by atoms with E-state index in [1.165, 1.54) is 76.4 Å². The van der Waals surface area contributed by atoms with Gasteiger partial charge in [0.2, 0.25) is 0 Å². The molecule has 0 aromatic carbocycles. The Bertz CT molecular complexity index is 230. The number of rotatable bonds is 6. The van der Waals surface area contributed by atoms with E-state index < -0.39 is 0 Å². The Morgan fingerprint density at radius 3 is 2.05 bits per heavy atom. The van der Waals surface area contributed by atoms with Gasteiger partial charge in [0.1, 0.15) is 0 Å². The molecule has 1 nitrogen and oxygen atoms in total. The van der Waals surface area contributed by atoms with Crippen LogP contribution in [0, 0.1) is 5.92 Å². The van der Waals surface area contributed by atoms with E-state index in [9.17, 15) is 0 Å². The molecule has 1 saturated carbocycles. The zero-order chi connectivity index (χ0) is 15.3. The van der Waals surface area contributed by atoms with Gasteiger partial charge in [0.05, 0.1) is 0 Å². The largest absolute Gasteiger partial charge is 0.313 e. The van der Waals surface area contributed by atoms with Gasteiger partial charge in [0, 0.05) is 11.3 Å². The van der Waals surface area contributed by atoms with Crippen molar-refractivity contribution in [1.29, 1.82) is 0 Å². The highest BCUT2D eigenvalue weighted by atomic mass is 32.2.